The first-order valence-electron chi connectivity index (χ1n) is 7.54. The van der Waals surface area contributed by atoms with Gasteiger partial charge < -0.3 is 5.32 Å². The van der Waals surface area contributed by atoms with Crippen molar-refractivity contribution in [3.63, 3.8) is 0 Å². The molecular weight excluding hydrogens is 290 g/mol. The number of aromatic nitrogens is 6. The number of tetrazole rings is 1. The van der Waals surface area contributed by atoms with Gasteiger partial charge in [-0.15, -0.1) is 10.2 Å². The Bertz CT molecular complexity index is 781. The van der Waals surface area contributed by atoms with Crippen LogP contribution < -0.4 is 5.32 Å². The molecule has 0 amide bonds. The molecule has 2 aromatic heterocycles. The second-order valence-corrected chi connectivity index (χ2v) is 5.67. The van der Waals surface area contributed by atoms with Crippen LogP contribution in [0.25, 0.3) is 11.4 Å². The molecule has 118 valence electrons. The van der Waals surface area contributed by atoms with Gasteiger partial charge in [-0.05, 0) is 29.7 Å². The van der Waals surface area contributed by atoms with E-state index in [1.54, 1.807) is 0 Å². The van der Waals surface area contributed by atoms with Crippen LogP contribution >= 0.6 is 0 Å². The highest BCUT2D eigenvalue weighted by Crippen LogP contribution is 2.18. The summed E-state index contributed by atoms with van der Waals surface area (Å²) in [6.45, 7) is 6.83. The molecule has 0 unspecified atom stereocenters. The molecule has 3 aromatic rings. The summed E-state index contributed by atoms with van der Waals surface area (Å²) in [6.07, 6.45) is 0. The highest BCUT2D eigenvalue weighted by Gasteiger charge is 2.07. The Labute approximate surface area is 134 Å². The molecule has 0 saturated heterocycles. The van der Waals surface area contributed by atoms with Crippen molar-refractivity contribution in [1.29, 1.82) is 0 Å². The van der Waals surface area contributed by atoms with Crippen LogP contribution in [0.2, 0.25) is 0 Å². The molecule has 0 aliphatic rings. The maximum Gasteiger partial charge on any atom is 0.204 e. The van der Waals surface area contributed by atoms with Crippen LogP contribution in [0, 0.1) is 6.92 Å². The molecule has 0 saturated carbocycles. The molecule has 7 nitrogen and oxygen atoms in total. The number of hydrogen-bond acceptors (Lipinski definition) is 6. The van der Waals surface area contributed by atoms with Gasteiger partial charge in [0.1, 0.15) is 11.6 Å². The maximum absolute atomic E-state index is 4.46. The largest absolute Gasteiger partial charge is 0.366 e. The number of H-pyrrole nitrogens is 1. The smallest absolute Gasteiger partial charge is 0.204 e. The van der Waals surface area contributed by atoms with E-state index in [2.05, 4.69) is 49.8 Å². The molecule has 3 rings (SSSR count). The van der Waals surface area contributed by atoms with E-state index >= 15 is 0 Å². The minimum absolute atomic E-state index is 0.374. The molecule has 0 aliphatic carbocycles. The van der Waals surface area contributed by atoms with Crippen molar-refractivity contribution in [2.75, 3.05) is 5.32 Å². The third-order valence-electron chi connectivity index (χ3n) is 3.45. The number of aryl methyl sites for hydroxylation is 1. The average Bonchev–Trinajstić information content (AvgIpc) is 3.07. The van der Waals surface area contributed by atoms with Crippen LogP contribution in [-0.2, 0) is 6.54 Å². The number of rotatable bonds is 5. The van der Waals surface area contributed by atoms with Gasteiger partial charge in [-0.3, -0.25) is 0 Å². The predicted molar refractivity (Wildman–Crippen MR) is 87.8 cm³/mol. The molecular formula is C16H19N7. The number of anilines is 1. The summed E-state index contributed by atoms with van der Waals surface area (Å²) < 4.78 is 0. The van der Waals surface area contributed by atoms with Gasteiger partial charge in [0, 0.05) is 23.9 Å². The number of benzene rings is 1. The first-order chi connectivity index (χ1) is 11.1. The van der Waals surface area contributed by atoms with E-state index in [1.165, 1.54) is 0 Å². The molecule has 0 radical (unpaired) electrons. The summed E-state index contributed by atoms with van der Waals surface area (Å²) in [4.78, 5) is 8.90. The van der Waals surface area contributed by atoms with Crippen molar-refractivity contribution in [3.05, 3.63) is 47.4 Å². The summed E-state index contributed by atoms with van der Waals surface area (Å²) >= 11 is 0. The van der Waals surface area contributed by atoms with Crippen molar-refractivity contribution in [2.24, 2.45) is 0 Å². The van der Waals surface area contributed by atoms with Gasteiger partial charge in [-0.2, -0.15) is 5.21 Å². The van der Waals surface area contributed by atoms with Gasteiger partial charge in [0.25, 0.3) is 0 Å². The summed E-state index contributed by atoms with van der Waals surface area (Å²) in [5.41, 5.74) is 3.09. The monoisotopic (exact) mass is 309 g/mol. The normalized spacial score (nSPS) is 11.0. The van der Waals surface area contributed by atoms with Crippen molar-refractivity contribution >= 4 is 5.82 Å². The molecule has 0 aliphatic heterocycles. The maximum atomic E-state index is 4.46. The van der Waals surface area contributed by atoms with E-state index in [9.17, 15) is 0 Å². The fraction of sp³-hybridized carbons (Fsp3) is 0.312. The van der Waals surface area contributed by atoms with Crippen LogP contribution in [0.4, 0.5) is 5.82 Å². The number of hydrogen-bond donors (Lipinski definition) is 2. The Balaban J connectivity index is 1.75. The SMILES string of the molecule is Cc1nc(NCc2cccc(-c3nn[nH]n3)c2)cc(C(C)C)n1. The van der Waals surface area contributed by atoms with E-state index in [0.717, 1.165) is 28.5 Å². The fourth-order valence-electron chi connectivity index (χ4n) is 2.27. The molecule has 2 N–H and O–H groups in total. The molecule has 0 bridgehead atoms. The van der Waals surface area contributed by atoms with Gasteiger partial charge in [0.05, 0.1) is 0 Å². The average molecular weight is 309 g/mol. The van der Waals surface area contributed by atoms with Crippen LogP contribution in [0.3, 0.4) is 0 Å². The third kappa shape index (κ3) is 3.68. The lowest BCUT2D eigenvalue weighted by molar-refractivity contribution is 0.801. The van der Waals surface area contributed by atoms with Crippen LogP contribution in [0.5, 0.6) is 0 Å². The Morgan fingerprint density at radius 3 is 2.78 bits per heavy atom. The zero-order chi connectivity index (χ0) is 16.2. The van der Waals surface area contributed by atoms with Gasteiger partial charge >= 0.3 is 0 Å². The van der Waals surface area contributed by atoms with Crippen molar-refractivity contribution < 1.29 is 0 Å². The zero-order valence-electron chi connectivity index (χ0n) is 13.4. The third-order valence-corrected chi connectivity index (χ3v) is 3.45. The highest BCUT2D eigenvalue weighted by atomic mass is 15.5. The Kier molecular flexibility index (Phi) is 4.27. The van der Waals surface area contributed by atoms with Crippen molar-refractivity contribution in [2.45, 2.75) is 33.2 Å². The number of aromatic amines is 1. The molecule has 0 fully saturated rings. The fourth-order valence-corrected chi connectivity index (χ4v) is 2.27. The van der Waals surface area contributed by atoms with E-state index < -0.39 is 0 Å². The summed E-state index contributed by atoms with van der Waals surface area (Å²) in [6, 6.07) is 10.0. The second kappa shape index (κ2) is 6.51. The quantitative estimate of drug-likeness (QED) is 0.753. The second-order valence-electron chi connectivity index (χ2n) is 5.67. The summed E-state index contributed by atoms with van der Waals surface area (Å²) in [7, 11) is 0. The molecule has 0 atom stereocenters. The first-order valence-corrected chi connectivity index (χ1v) is 7.54. The summed E-state index contributed by atoms with van der Waals surface area (Å²) in [5, 5.41) is 17.4. The van der Waals surface area contributed by atoms with Gasteiger partial charge in [0.2, 0.25) is 5.82 Å². The van der Waals surface area contributed by atoms with Crippen LogP contribution in [-0.4, -0.2) is 30.6 Å². The minimum Gasteiger partial charge on any atom is -0.366 e. The van der Waals surface area contributed by atoms with E-state index in [0.29, 0.717) is 18.3 Å². The highest BCUT2D eigenvalue weighted by molar-refractivity contribution is 5.55. The molecule has 23 heavy (non-hydrogen) atoms. The Hall–Kier alpha value is -2.83. The van der Waals surface area contributed by atoms with Crippen LogP contribution in [0.1, 0.15) is 36.8 Å². The van der Waals surface area contributed by atoms with E-state index in [4.69, 9.17) is 0 Å². The molecule has 1 aromatic carbocycles. The Morgan fingerprint density at radius 1 is 1.17 bits per heavy atom. The number of nitrogens with zero attached hydrogens (tertiary/aromatic N) is 5. The first kappa shape index (κ1) is 15.1. The zero-order valence-corrected chi connectivity index (χ0v) is 13.4. The van der Waals surface area contributed by atoms with Gasteiger partial charge in [-0.1, -0.05) is 32.0 Å². The lowest BCUT2D eigenvalue weighted by Crippen LogP contribution is -2.06. The lowest BCUT2D eigenvalue weighted by Gasteiger charge is -2.11. The van der Waals surface area contributed by atoms with E-state index in [-0.39, 0.29) is 0 Å². The standard InChI is InChI=1S/C16H19N7/c1-10(2)14-8-15(19-11(3)18-14)17-9-12-5-4-6-13(7-12)16-20-22-23-21-16/h4-8,10H,9H2,1-3H3,(H,17,18,19)(H,20,21,22,23). The molecule has 7 heteroatoms. The van der Waals surface area contributed by atoms with E-state index in [1.807, 2.05) is 37.3 Å². The molecule has 2 heterocycles. The topological polar surface area (TPSA) is 92.3 Å². The van der Waals surface area contributed by atoms with Gasteiger partial charge in [0.15, 0.2) is 0 Å². The number of nitrogens with one attached hydrogen (secondary N) is 2. The van der Waals surface area contributed by atoms with Crippen molar-refractivity contribution in [1.82, 2.24) is 30.6 Å². The lowest BCUT2D eigenvalue weighted by atomic mass is 10.1. The van der Waals surface area contributed by atoms with Gasteiger partial charge in [-0.25, -0.2) is 9.97 Å². The summed E-state index contributed by atoms with van der Waals surface area (Å²) in [5.74, 6) is 2.58. The predicted octanol–water partition coefficient (Wildman–Crippen LogP) is 2.70. The van der Waals surface area contributed by atoms with Crippen molar-refractivity contribution in [3.8, 4) is 11.4 Å². The van der Waals surface area contributed by atoms with Crippen LogP contribution in [0.15, 0.2) is 30.3 Å². The Morgan fingerprint density at radius 2 is 2.04 bits per heavy atom. The molecule has 0 spiro atoms. The minimum atomic E-state index is 0.374.